The van der Waals surface area contributed by atoms with Gasteiger partial charge in [0.25, 0.3) is 0 Å². The highest BCUT2D eigenvalue weighted by molar-refractivity contribution is 6.35. The van der Waals surface area contributed by atoms with Crippen LogP contribution in [0, 0.1) is 0 Å². The number of anilines is 2. The molecule has 3 rings (SSSR count). The Balaban J connectivity index is 1.71. The van der Waals surface area contributed by atoms with E-state index in [4.69, 9.17) is 23.2 Å². The largest absolute Gasteiger partial charge is 0.337 e. The minimum Gasteiger partial charge on any atom is -0.337 e. The molecule has 0 saturated carbocycles. The maximum Gasteiger partial charge on any atom is 0.319 e. The summed E-state index contributed by atoms with van der Waals surface area (Å²) in [5, 5.41) is 13.1. The summed E-state index contributed by atoms with van der Waals surface area (Å²) in [5.41, 5.74) is 4.46. The van der Waals surface area contributed by atoms with E-state index >= 15 is 0 Å². The van der Waals surface area contributed by atoms with Crippen molar-refractivity contribution in [3.05, 3.63) is 82.3 Å². The van der Waals surface area contributed by atoms with E-state index in [1.54, 1.807) is 18.2 Å². The maximum atomic E-state index is 12.7. The Morgan fingerprint density at radius 1 is 0.846 bits per heavy atom. The molecule has 0 aromatic heterocycles. The molecule has 0 aliphatic rings. The zero-order valence-corrected chi connectivity index (χ0v) is 24.2. The first-order valence-electron chi connectivity index (χ1n) is 13.0. The van der Waals surface area contributed by atoms with Crippen LogP contribution in [-0.2, 0) is 4.79 Å². The van der Waals surface area contributed by atoms with Crippen molar-refractivity contribution in [3.8, 4) is 11.1 Å². The molecule has 1 unspecified atom stereocenters. The predicted molar refractivity (Wildman–Crippen MR) is 163 cm³/mol. The SMILES string of the molecule is CC(=O)Nc1cccc(-c2cccc(C(CCNCCCN(C)C)CNC(=O)Nc3cc(Cl)cc(Cl)c3)c2)c1. The van der Waals surface area contributed by atoms with Crippen LogP contribution in [0.15, 0.2) is 66.7 Å². The van der Waals surface area contributed by atoms with Gasteiger partial charge in [0.05, 0.1) is 0 Å². The zero-order valence-electron chi connectivity index (χ0n) is 22.7. The summed E-state index contributed by atoms with van der Waals surface area (Å²) in [4.78, 5) is 26.4. The summed E-state index contributed by atoms with van der Waals surface area (Å²) >= 11 is 12.1. The molecule has 208 valence electrons. The number of rotatable bonds is 13. The van der Waals surface area contributed by atoms with E-state index in [0.29, 0.717) is 22.3 Å². The van der Waals surface area contributed by atoms with Crippen LogP contribution < -0.4 is 21.3 Å². The molecule has 0 bridgehead atoms. The van der Waals surface area contributed by atoms with Crippen LogP contribution in [0.25, 0.3) is 11.1 Å². The number of nitrogens with zero attached hydrogens (tertiary/aromatic N) is 1. The third-order valence-corrected chi connectivity index (χ3v) is 6.57. The average molecular weight is 571 g/mol. The molecule has 0 heterocycles. The third-order valence-electron chi connectivity index (χ3n) is 6.13. The van der Waals surface area contributed by atoms with Gasteiger partial charge in [0.15, 0.2) is 0 Å². The summed E-state index contributed by atoms with van der Waals surface area (Å²) in [6.45, 7) is 4.74. The van der Waals surface area contributed by atoms with E-state index in [1.807, 2.05) is 30.3 Å². The standard InChI is InChI=1S/C30H37Cl2N5O2/c1-21(38)35-28-10-5-9-24(16-28)22-7-4-8-23(15-22)25(11-13-33-12-6-14-37(2)3)20-34-30(39)36-29-18-26(31)17-27(32)19-29/h4-5,7-10,15-19,25,33H,6,11-14,20H2,1-3H3,(H,35,38)(H2,34,36,39). The lowest BCUT2D eigenvalue weighted by Crippen LogP contribution is -2.33. The van der Waals surface area contributed by atoms with E-state index in [-0.39, 0.29) is 17.9 Å². The molecule has 0 spiro atoms. The van der Waals surface area contributed by atoms with Gasteiger partial charge in [0.1, 0.15) is 0 Å². The van der Waals surface area contributed by atoms with Crippen LogP contribution >= 0.6 is 23.2 Å². The number of hydrogen-bond acceptors (Lipinski definition) is 4. The van der Waals surface area contributed by atoms with Crippen LogP contribution in [0.1, 0.15) is 31.2 Å². The monoisotopic (exact) mass is 569 g/mol. The molecule has 39 heavy (non-hydrogen) atoms. The van der Waals surface area contributed by atoms with Gasteiger partial charge in [0.2, 0.25) is 5.91 Å². The second-order valence-corrected chi connectivity index (χ2v) is 10.6. The first-order valence-corrected chi connectivity index (χ1v) is 13.8. The summed E-state index contributed by atoms with van der Waals surface area (Å²) in [7, 11) is 4.14. The second-order valence-electron chi connectivity index (χ2n) is 9.77. The van der Waals surface area contributed by atoms with Gasteiger partial charge in [-0.2, -0.15) is 0 Å². The van der Waals surface area contributed by atoms with Crippen molar-refractivity contribution in [2.24, 2.45) is 0 Å². The molecular formula is C30H37Cl2N5O2. The number of carbonyl (C=O) groups is 2. The molecular weight excluding hydrogens is 533 g/mol. The lowest BCUT2D eigenvalue weighted by Gasteiger charge is -2.20. The molecule has 3 aromatic carbocycles. The minimum atomic E-state index is -0.323. The average Bonchev–Trinajstić information content (AvgIpc) is 2.87. The Morgan fingerprint density at radius 2 is 1.54 bits per heavy atom. The summed E-state index contributed by atoms with van der Waals surface area (Å²) in [5.74, 6) is -0.0260. The lowest BCUT2D eigenvalue weighted by molar-refractivity contribution is -0.114. The van der Waals surface area contributed by atoms with Crippen molar-refractivity contribution in [1.82, 2.24) is 15.5 Å². The van der Waals surface area contributed by atoms with Gasteiger partial charge in [0, 0.05) is 40.8 Å². The van der Waals surface area contributed by atoms with Gasteiger partial charge in [-0.1, -0.05) is 59.6 Å². The molecule has 0 fully saturated rings. The topological polar surface area (TPSA) is 85.5 Å². The van der Waals surface area contributed by atoms with E-state index < -0.39 is 0 Å². The van der Waals surface area contributed by atoms with Gasteiger partial charge in [-0.25, -0.2) is 4.79 Å². The predicted octanol–water partition coefficient (Wildman–Crippen LogP) is 6.46. The molecule has 0 radical (unpaired) electrons. The fourth-order valence-electron chi connectivity index (χ4n) is 4.28. The van der Waals surface area contributed by atoms with Crippen molar-refractivity contribution < 1.29 is 9.59 Å². The van der Waals surface area contributed by atoms with E-state index in [9.17, 15) is 9.59 Å². The summed E-state index contributed by atoms with van der Waals surface area (Å²) in [6, 6.07) is 20.7. The van der Waals surface area contributed by atoms with Gasteiger partial charge in [-0.05, 0) is 93.6 Å². The van der Waals surface area contributed by atoms with Crippen LogP contribution in [0.2, 0.25) is 10.0 Å². The highest BCUT2D eigenvalue weighted by atomic mass is 35.5. The van der Waals surface area contributed by atoms with Crippen molar-refractivity contribution in [2.45, 2.75) is 25.7 Å². The van der Waals surface area contributed by atoms with Gasteiger partial charge >= 0.3 is 6.03 Å². The smallest absolute Gasteiger partial charge is 0.319 e. The van der Waals surface area contributed by atoms with Crippen molar-refractivity contribution in [1.29, 1.82) is 0 Å². The quantitative estimate of drug-likeness (QED) is 0.178. The first kappa shape index (κ1) is 30.4. The Kier molecular flexibility index (Phi) is 12.1. The second kappa shape index (κ2) is 15.5. The van der Waals surface area contributed by atoms with Crippen molar-refractivity contribution >= 4 is 46.5 Å². The van der Waals surface area contributed by atoms with Crippen LogP contribution in [0.4, 0.5) is 16.2 Å². The highest BCUT2D eigenvalue weighted by Gasteiger charge is 2.15. The molecule has 9 heteroatoms. The summed E-state index contributed by atoms with van der Waals surface area (Å²) in [6.07, 6.45) is 1.92. The highest BCUT2D eigenvalue weighted by Crippen LogP contribution is 2.28. The van der Waals surface area contributed by atoms with E-state index in [2.05, 4.69) is 58.5 Å². The number of halogens is 2. The van der Waals surface area contributed by atoms with Gasteiger partial charge in [-0.15, -0.1) is 0 Å². The fourth-order valence-corrected chi connectivity index (χ4v) is 4.80. The molecule has 0 aliphatic heterocycles. The Hall–Kier alpha value is -3.10. The fraction of sp³-hybridized carbons (Fsp3) is 0.333. The summed E-state index contributed by atoms with van der Waals surface area (Å²) < 4.78 is 0. The molecule has 7 nitrogen and oxygen atoms in total. The molecule has 4 N–H and O–H groups in total. The van der Waals surface area contributed by atoms with E-state index in [0.717, 1.165) is 54.9 Å². The normalized spacial score (nSPS) is 11.7. The van der Waals surface area contributed by atoms with Crippen LogP contribution in [0.5, 0.6) is 0 Å². The molecule has 3 amide bonds. The van der Waals surface area contributed by atoms with Crippen LogP contribution in [0.3, 0.4) is 0 Å². The number of amides is 3. The molecule has 0 saturated heterocycles. The molecule has 1 atom stereocenters. The van der Waals surface area contributed by atoms with Crippen molar-refractivity contribution in [3.63, 3.8) is 0 Å². The van der Waals surface area contributed by atoms with Gasteiger partial charge < -0.3 is 26.2 Å². The minimum absolute atomic E-state index is 0.0820. The third kappa shape index (κ3) is 10.9. The zero-order chi connectivity index (χ0) is 28.2. The first-order chi connectivity index (χ1) is 18.7. The maximum absolute atomic E-state index is 12.7. The molecule has 0 aliphatic carbocycles. The Bertz CT molecular complexity index is 1230. The van der Waals surface area contributed by atoms with Gasteiger partial charge in [-0.3, -0.25) is 4.79 Å². The number of benzene rings is 3. The van der Waals surface area contributed by atoms with Crippen LogP contribution in [-0.4, -0.2) is 57.1 Å². The van der Waals surface area contributed by atoms with Crippen molar-refractivity contribution in [2.75, 3.05) is 50.9 Å². The number of hydrogen-bond donors (Lipinski definition) is 4. The Morgan fingerprint density at radius 3 is 2.23 bits per heavy atom. The number of urea groups is 1. The van der Waals surface area contributed by atoms with E-state index in [1.165, 1.54) is 6.92 Å². The Labute approximate surface area is 241 Å². The number of carbonyl (C=O) groups excluding carboxylic acids is 2. The number of nitrogens with one attached hydrogen (secondary N) is 4. The molecule has 3 aromatic rings. The lowest BCUT2D eigenvalue weighted by atomic mass is 9.92.